The average Bonchev–Trinajstić information content (AvgIpc) is 2.78. The van der Waals surface area contributed by atoms with Gasteiger partial charge in [0, 0.05) is 18.7 Å². The molecule has 7 heteroatoms. The minimum atomic E-state index is -3.57. The van der Waals surface area contributed by atoms with Crippen molar-refractivity contribution in [1.29, 1.82) is 0 Å². The zero-order chi connectivity index (χ0) is 20.9. The topological polar surface area (TPSA) is 80.8 Å². The molecule has 0 unspecified atom stereocenters. The highest BCUT2D eigenvalue weighted by atomic mass is 32.2. The van der Waals surface area contributed by atoms with Crippen LogP contribution in [0.3, 0.4) is 0 Å². The fourth-order valence-corrected chi connectivity index (χ4v) is 4.81. The zero-order valence-electron chi connectivity index (χ0n) is 16.4. The number of nitrogens with zero attached hydrogens (tertiary/aromatic N) is 1. The van der Waals surface area contributed by atoms with E-state index in [1.165, 1.54) is 4.31 Å². The number of hydrogen-bond donors (Lipinski definition) is 0. The Bertz CT molecular complexity index is 946. The summed E-state index contributed by atoms with van der Waals surface area (Å²) in [7, 11) is -3.57. The second-order valence-corrected chi connectivity index (χ2v) is 9.01. The number of ether oxygens (including phenoxy) is 1. The number of sulfonamides is 1. The molecule has 0 bridgehead atoms. The van der Waals surface area contributed by atoms with Gasteiger partial charge in [0.2, 0.25) is 10.0 Å². The first-order valence-corrected chi connectivity index (χ1v) is 11.2. The van der Waals surface area contributed by atoms with Gasteiger partial charge in [-0.15, -0.1) is 0 Å². The summed E-state index contributed by atoms with van der Waals surface area (Å²) in [5.41, 5.74) is 1.57. The van der Waals surface area contributed by atoms with Crippen molar-refractivity contribution >= 4 is 21.8 Å². The quantitative estimate of drug-likeness (QED) is 0.513. The molecule has 1 aliphatic rings. The van der Waals surface area contributed by atoms with Crippen molar-refractivity contribution in [2.24, 2.45) is 5.92 Å². The van der Waals surface area contributed by atoms with Gasteiger partial charge in [-0.25, -0.2) is 8.42 Å². The van der Waals surface area contributed by atoms with E-state index in [0.29, 0.717) is 18.4 Å². The molecule has 3 rings (SSSR count). The highest BCUT2D eigenvalue weighted by Gasteiger charge is 2.33. The van der Waals surface area contributed by atoms with Gasteiger partial charge in [0.05, 0.1) is 10.8 Å². The van der Waals surface area contributed by atoms with Gasteiger partial charge in [0.25, 0.3) is 0 Å². The zero-order valence-corrected chi connectivity index (χ0v) is 17.2. The Kier molecular flexibility index (Phi) is 6.82. The summed E-state index contributed by atoms with van der Waals surface area (Å²) in [4.78, 5) is 24.6. The van der Waals surface area contributed by atoms with Gasteiger partial charge in [-0.05, 0) is 37.0 Å². The van der Waals surface area contributed by atoms with E-state index >= 15 is 0 Å². The second-order valence-electron chi connectivity index (χ2n) is 7.07. The van der Waals surface area contributed by atoms with Gasteiger partial charge in [-0.3, -0.25) is 9.59 Å². The van der Waals surface area contributed by atoms with Crippen molar-refractivity contribution in [3.8, 4) is 0 Å². The third kappa shape index (κ3) is 5.10. The van der Waals surface area contributed by atoms with Crippen molar-refractivity contribution in [2.75, 3.05) is 19.7 Å². The van der Waals surface area contributed by atoms with Crippen molar-refractivity contribution in [1.82, 2.24) is 4.31 Å². The molecule has 0 spiro atoms. The SMILES string of the molecule is CCc1ccc(S(=O)(=O)N2CCC(C(=O)OCC(=O)c3ccccc3)CC2)cc1. The minimum absolute atomic E-state index is 0.254. The molecule has 0 saturated carbocycles. The maximum Gasteiger partial charge on any atom is 0.309 e. The molecule has 1 heterocycles. The van der Waals surface area contributed by atoms with Crippen molar-refractivity contribution < 1.29 is 22.7 Å². The minimum Gasteiger partial charge on any atom is -0.457 e. The van der Waals surface area contributed by atoms with Crippen LogP contribution in [-0.4, -0.2) is 44.2 Å². The number of ketones is 1. The lowest BCUT2D eigenvalue weighted by Gasteiger charge is -2.30. The van der Waals surface area contributed by atoms with E-state index in [2.05, 4.69) is 0 Å². The summed E-state index contributed by atoms with van der Waals surface area (Å²) in [6, 6.07) is 15.6. The van der Waals surface area contributed by atoms with Crippen LogP contribution in [0, 0.1) is 5.92 Å². The Balaban J connectivity index is 1.52. The van der Waals surface area contributed by atoms with Gasteiger partial charge in [-0.1, -0.05) is 49.4 Å². The van der Waals surface area contributed by atoms with Gasteiger partial charge >= 0.3 is 5.97 Å². The number of Topliss-reactive ketones (excluding diaryl/α,β-unsaturated/α-hetero) is 1. The molecule has 0 N–H and O–H groups in total. The largest absolute Gasteiger partial charge is 0.457 e. The first kappa shape index (κ1) is 21.2. The maximum atomic E-state index is 12.8. The summed E-state index contributed by atoms with van der Waals surface area (Å²) in [6.45, 7) is 2.22. The molecule has 0 radical (unpaired) electrons. The molecule has 2 aromatic rings. The van der Waals surface area contributed by atoms with Gasteiger partial charge in [0.15, 0.2) is 12.4 Å². The number of hydrogen-bond acceptors (Lipinski definition) is 5. The van der Waals surface area contributed by atoms with Crippen LogP contribution >= 0.6 is 0 Å². The van der Waals surface area contributed by atoms with Crippen LogP contribution in [0.2, 0.25) is 0 Å². The highest BCUT2D eigenvalue weighted by Crippen LogP contribution is 2.25. The van der Waals surface area contributed by atoms with E-state index in [1.54, 1.807) is 36.4 Å². The van der Waals surface area contributed by atoms with Crippen molar-refractivity contribution in [3.05, 3.63) is 65.7 Å². The van der Waals surface area contributed by atoms with E-state index in [4.69, 9.17) is 4.74 Å². The molecular formula is C22H25NO5S. The second kappa shape index (κ2) is 9.33. The lowest BCUT2D eigenvalue weighted by Crippen LogP contribution is -2.40. The predicted molar refractivity (Wildman–Crippen MR) is 109 cm³/mol. The molecule has 1 saturated heterocycles. The maximum absolute atomic E-state index is 12.8. The Morgan fingerprint density at radius 3 is 2.21 bits per heavy atom. The number of aryl methyl sites for hydroxylation is 1. The van der Waals surface area contributed by atoms with Gasteiger partial charge in [-0.2, -0.15) is 4.31 Å². The number of benzene rings is 2. The molecule has 1 fully saturated rings. The Labute approximate surface area is 171 Å². The lowest BCUT2D eigenvalue weighted by molar-refractivity contribution is -0.148. The highest BCUT2D eigenvalue weighted by molar-refractivity contribution is 7.89. The molecule has 154 valence electrons. The summed E-state index contributed by atoms with van der Waals surface area (Å²) in [5, 5.41) is 0. The molecule has 0 aromatic heterocycles. The molecule has 6 nitrogen and oxygen atoms in total. The smallest absolute Gasteiger partial charge is 0.309 e. The summed E-state index contributed by atoms with van der Waals surface area (Å²) >= 11 is 0. The summed E-state index contributed by atoms with van der Waals surface area (Å²) in [5.74, 6) is -1.10. The van der Waals surface area contributed by atoms with E-state index < -0.39 is 21.9 Å². The number of esters is 1. The first-order chi connectivity index (χ1) is 13.9. The van der Waals surface area contributed by atoms with Crippen LogP contribution in [0.25, 0.3) is 0 Å². The molecular weight excluding hydrogens is 390 g/mol. The molecule has 1 aliphatic heterocycles. The lowest BCUT2D eigenvalue weighted by atomic mass is 9.98. The molecule has 29 heavy (non-hydrogen) atoms. The fraction of sp³-hybridized carbons (Fsp3) is 0.364. The van der Waals surface area contributed by atoms with Gasteiger partial charge in [0.1, 0.15) is 0 Å². The van der Waals surface area contributed by atoms with Crippen LogP contribution in [0.4, 0.5) is 0 Å². The van der Waals surface area contributed by atoms with Crippen LogP contribution in [-0.2, 0) is 26.0 Å². The Morgan fingerprint density at radius 1 is 1.00 bits per heavy atom. The number of carbonyl (C=O) groups excluding carboxylic acids is 2. The van der Waals surface area contributed by atoms with Crippen LogP contribution in [0.5, 0.6) is 0 Å². The van der Waals surface area contributed by atoms with E-state index in [1.807, 2.05) is 25.1 Å². The molecule has 0 amide bonds. The molecule has 0 atom stereocenters. The monoisotopic (exact) mass is 415 g/mol. The van der Waals surface area contributed by atoms with E-state index in [0.717, 1.165) is 12.0 Å². The third-order valence-electron chi connectivity index (χ3n) is 5.20. The molecule has 0 aliphatic carbocycles. The first-order valence-electron chi connectivity index (χ1n) is 9.75. The van der Waals surface area contributed by atoms with Crippen LogP contribution in [0.15, 0.2) is 59.5 Å². The Morgan fingerprint density at radius 2 is 1.62 bits per heavy atom. The Hall–Kier alpha value is -2.51. The van der Waals surface area contributed by atoms with Crippen LogP contribution in [0.1, 0.15) is 35.7 Å². The standard InChI is InChI=1S/C22H25NO5S/c1-2-17-8-10-20(11-9-17)29(26,27)23-14-12-19(13-15-23)22(25)28-16-21(24)18-6-4-3-5-7-18/h3-11,19H,2,12-16H2,1H3. The summed E-state index contributed by atoms with van der Waals surface area (Å²) < 4.78 is 32.2. The average molecular weight is 416 g/mol. The number of rotatable bonds is 7. The van der Waals surface area contributed by atoms with Crippen LogP contribution < -0.4 is 0 Å². The normalized spacial score (nSPS) is 15.8. The van der Waals surface area contributed by atoms with E-state index in [-0.39, 0.29) is 30.4 Å². The van der Waals surface area contributed by atoms with Crippen molar-refractivity contribution in [2.45, 2.75) is 31.1 Å². The predicted octanol–water partition coefficient (Wildman–Crippen LogP) is 3.08. The third-order valence-corrected chi connectivity index (χ3v) is 7.11. The fourth-order valence-electron chi connectivity index (χ4n) is 3.34. The number of piperidine rings is 1. The van der Waals surface area contributed by atoms with E-state index in [9.17, 15) is 18.0 Å². The van der Waals surface area contributed by atoms with Gasteiger partial charge < -0.3 is 4.74 Å². The van der Waals surface area contributed by atoms with Crippen molar-refractivity contribution in [3.63, 3.8) is 0 Å². The summed E-state index contributed by atoms with van der Waals surface area (Å²) in [6.07, 6.45) is 1.61. The number of carbonyl (C=O) groups is 2. The molecule has 2 aromatic carbocycles.